The van der Waals surface area contributed by atoms with Crippen molar-refractivity contribution < 1.29 is 0 Å². The molecule has 2 aromatic rings. The summed E-state index contributed by atoms with van der Waals surface area (Å²) in [7, 11) is 0. The van der Waals surface area contributed by atoms with E-state index in [0.29, 0.717) is 0 Å². The van der Waals surface area contributed by atoms with Crippen molar-refractivity contribution in [3.8, 4) is 0 Å². The Morgan fingerprint density at radius 3 is 2.69 bits per heavy atom. The van der Waals surface area contributed by atoms with Gasteiger partial charge in [0, 0.05) is 23.5 Å². The number of para-hydroxylation sites is 1. The second kappa shape index (κ2) is 3.87. The van der Waals surface area contributed by atoms with Crippen LogP contribution < -0.4 is 16.2 Å². The quantitative estimate of drug-likeness (QED) is 0.714. The third-order valence-electron chi connectivity index (χ3n) is 2.72. The third kappa shape index (κ3) is 1.61. The average molecular weight is 211 g/mol. The average Bonchev–Trinajstić information content (AvgIpc) is 2.80. The molecule has 80 valence electrons. The molecule has 3 nitrogen and oxygen atoms in total. The monoisotopic (exact) mass is 211 g/mol. The van der Waals surface area contributed by atoms with E-state index < -0.39 is 0 Å². The second-order valence-electron chi connectivity index (χ2n) is 3.80. The van der Waals surface area contributed by atoms with E-state index in [9.17, 15) is 0 Å². The molecule has 1 aliphatic heterocycles. The lowest BCUT2D eigenvalue weighted by atomic mass is 10.1. The molecule has 1 aliphatic rings. The first-order valence-corrected chi connectivity index (χ1v) is 5.36. The number of rotatable bonds is 2. The zero-order valence-electron chi connectivity index (χ0n) is 8.83. The molecular weight excluding hydrogens is 198 g/mol. The van der Waals surface area contributed by atoms with Crippen LogP contribution in [0.2, 0.25) is 0 Å². The Labute approximate surface area is 94.5 Å². The number of anilines is 3. The van der Waals surface area contributed by atoms with Crippen molar-refractivity contribution >= 4 is 17.1 Å². The Balaban J connectivity index is 1.94. The molecular formula is C13H13N3. The van der Waals surface area contributed by atoms with Gasteiger partial charge >= 0.3 is 0 Å². The summed E-state index contributed by atoms with van der Waals surface area (Å²) >= 11 is 0. The van der Waals surface area contributed by atoms with Gasteiger partial charge in [0.25, 0.3) is 0 Å². The Kier molecular flexibility index (Phi) is 2.23. The van der Waals surface area contributed by atoms with Gasteiger partial charge in [-0.2, -0.15) is 0 Å². The van der Waals surface area contributed by atoms with E-state index in [1.807, 2.05) is 24.3 Å². The van der Waals surface area contributed by atoms with Crippen molar-refractivity contribution in [2.24, 2.45) is 0 Å². The van der Waals surface area contributed by atoms with Gasteiger partial charge in [0.1, 0.15) is 0 Å². The fraction of sp³-hybridized carbons (Fsp3) is 0.0769. The molecule has 1 heterocycles. The summed E-state index contributed by atoms with van der Waals surface area (Å²) in [5.74, 6) is 0. The Hall–Kier alpha value is -2.00. The third-order valence-corrected chi connectivity index (χ3v) is 2.72. The van der Waals surface area contributed by atoms with Gasteiger partial charge in [0.05, 0.1) is 5.69 Å². The van der Waals surface area contributed by atoms with E-state index in [1.54, 1.807) is 0 Å². The fourth-order valence-electron chi connectivity index (χ4n) is 1.92. The summed E-state index contributed by atoms with van der Waals surface area (Å²) in [4.78, 5) is 0. The van der Waals surface area contributed by atoms with Crippen LogP contribution in [0, 0.1) is 0 Å². The van der Waals surface area contributed by atoms with Crippen LogP contribution in [0.3, 0.4) is 0 Å². The Morgan fingerprint density at radius 2 is 1.81 bits per heavy atom. The maximum Gasteiger partial charge on any atom is 0.0554 e. The van der Waals surface area contributed by atoms with E-state index in [1.165, 1.54) is 5.56 Å². The number of hydrogen-bond acceptors (Lipinski definition) is 3. The van der Waals surface area contributed by atoms with E-state index in [0.717, 1.165) is 23.6 Å². The van der Waals surface area contributed by atoms with E-state index in [4.69, 9.17) is 0 Å². The second-order valence-corrected chi connectivity index (χ2v) is 3.80. The maximum atomic E-state index is 3.42. The highest BCUT2D eigenvalue weighted by Gasteiger charge is 2.12. The van der Waals surface area contributed by atoms with Crippen LogP contribution in [0.4, 0.5) is 17.1 Å². The van der Waals surface area contributed by atoms with E-state index in [-0.39, 0.29) is 0 Å². The summed E-state index contributed by atoms with van der Waals surface area (Å²) in [5, 5.41) is 3.42. The maximum absolute atomic E-state index is 3.42. The first kappa shape index (κ1) is 9.24. The smallest absolute Gasteiger partial charge is 0.0554 e. The largest absolute Gasteiger partial charge is 0.355 e. The van der Waals surface area contributed by atoms with Crippen LogP contribution in [-0.4, -0.2) is 0 Å². The fourth-order valence-corrected chi connectivity index (χ4v) is 1.92. The van der Waals surface area contributed by atoms with Crippen molar-refractivity contribution in [2.75, 3.05) is 10.7 Å². The van der Waals surface area contributed by atoms with Gasteiger partial charge in [0.15, 0.2) is 0 Å². The minimum atomic E-state index is 0.853. The first-order valence-electron chi connectivity index (χ1n) is 5.36. The number of fused-ring (bicyclic) bond motifs is 1. The van der Waals surface area contributed by atoms with Crippen LogP contribution in [-0.2, 0) is 6.54 Å². The van der Waals surface area contributed by atoms with Crippen LogP contribution in [0.25, 0.3) is 0 Å². The topological polar surface area (TPSA) is 36.1 Å². The molecule has 0 aliphatic carbocycles. The van der Waals surface area contributed by atoms with Gasteiger partial charge < -0.3 is 10.7 Å². The predicted octanol–water partition coefficient (Wildman–Crippen LogP) is 2.86. The number of hydrazine groups is 1. The van der Waals surface area contributed by atoms with Crippen molar-refractivity contribution in [2.45, 2.75) is 6.54 Å². The molecule has 0 saturated carbocycles. The van der Waals surface area contributed by atoms with Gasteiger partial charge in [0.2, 0.25) is 0 Å². The molecule has 0 atom stereocenters. The number of hydrogen-bond donors (Lipinski definition) is 3. The zero-order chi connectivity index (χ0) is 10.8. The molecule has 0 fully saturated rings. The lowest BCUT2D eigenvalue weighted by molar-refractivity contribution is 0.861. The molecule has 0 bridgehead atoms. The molecule has 0 saturated heterocycles. The molecule has 0 unspecified atom stereocenters. The highest BCUT2D eigenvalue weighted by Crippen LogP contribution is 2.29. The molecule has 0 amide bonds. The molecule has 16 heavy (non-hydrogen) atoms. The van der Waals surface area contributed by atoms with Crippen LogP contribution in [0.5, 0.6) is 0 Å². The van der Waals surface area contributed by atoms with Gasteiger partial charge in [-0.05, 0) is 24.3 Å². The molecule has 0 spiro atoms. The van der Waals surface area contributed by atoms with Crippen LogP contribution >= 0.6 is 0 Å². The van der Waals surface area contributed by atoms with E-state index >= 15 is 0 Å². The van der Waals surface area contributed by atoms with Gasteiger partial charge in [-0.1, -0.05) is 24.3 Å². The van der Waals surface area contributed by atoms with Crippen molar-refractivity contribution in [1.82, 2.24) is 5.43 Å². The normalized spacial score (nSPS) is 13.0. The van der Waals surface area contributed by atoms with Gasteiger partial charge in [-0.25, -0.2) is 5.43 Å². The SMILES string of the molecule is c1ccc(Nc2cccc3c2CNN3)cc1. The summed E-state index contributed by atoms with van der Waals surface area (Å²) in [6.07, 6.45) is 0. The molecule has 2 aromatic carbocycles. The van der Waals surface area contributed by atoms with Crippen LogP contribution in [0.15, 0.2) is 48.5 Å². The number of benzene rings is 2. The van der Waals surface area contributed by atoms with Gasteiger partial charge in [-0.3, -0.25) is 0 Å². The summed E-state index contributed by atoms with van der Waals surface area (Å²) in [6, 6.07) is 16.4. The highest BCUT2D eigenvalue weighted by atomic mass is 15.4. The molecule has 3 heteroatoms. The van der Waals surface area contributed by atoms with Crippen molar-refractivity contribution in [1.29, 1.82) is 0 Å². The van der Waals surface area contributed by atoms with Gasteiger partial charge in [-0.15, -0.1) is 0 Å². The Morgan fingerprint density at radius 1 is 0.938 bits per heavy atom. The molecule has 3 N–H and O–H groups in total. The first-order chi connectivity index (χ1) is 7.93. The summed E-state index contributed by atoms with van der Waals surface area (Å²) < 4.78 is 0. The van der Waals surface area contributed by atoms with Crippen molar-refractivity contribution in [3.05, 3.63) is 54.1 Å². The number of nitrogens with one attached hydrogen (secondary N) is 3. The lowest BCUT2D eigenvalue weighted by Crippen LogP contribution is -2.10. The molecule has 0 aromatic heterocycles. The summed E-state index contributed by atoms with van der Waals surface area (Å²) in [5.41, 5.74) is 11.0. The zero-order valence-corrected chi connectivity index (χ0v) is 8.83. The minimum absolute atomic E-state index is 0.853. The predicted molar refractivity (Wildman–Crippen MR) is 66.6 cm³/mol. The van der Waals surface area contributed by atoms with Crippen molar-refractivity contribution in [3.63, 3.8) is 0 Å². The highest BCUT2D eigenvalue weighted by molar-refractivity contribution is 5.72. The summed E-state index contributed by atoms with van der Waals surface area (Å²) in [6.45, 7) is 0.853. The lowest BCUT2D eigenvalue weighted by Gasteiger charge is -2.09. The van der Waals surface area contributed by atoms with Crippen LogP contribution in [0.1, 0.15) is 5.56 Å². The standard InChI is InChI=1S/C13H13N3/c1-2-5-10(6-3-1)15-12-7-4-8-13-11(12)9-14-16-13/h1-8,14-16H,9H2. The Bertz CT molecular complexity index is 494. The molecule has 3 rings (SSSR count). The van der Waals surface area contributed by atoms with E-state index in [2.05, 4.69) is 40.4 Å². The molecule has 0 radical (unpaired) electrons. The minimum Gasteiger partial charge on any atom is -0.355 e.